The highest BCUT2D eigenvalue weighted by molar-refractivity contribution is 7.15. The number of aromatic nitrogens is 2. The van der Waals surface area contributed by atoms with Gasteiger partial charge in [0.05, 0.1) is 5.03 Å². The second-order valence-electron chi connectivity index (χ2n) is 4.75. The first-order valence-electron chi connectivity index (χ1n) is 6.95. The van der Waals surface area contributed by atoms with E-state index in [-0.39, 0.29) is 10.9 Å². The standard InChI is InChI=1S/C17H11Cl2N3OS/c18-13-9-5-4-6-11(13)10-14(19)16-21-22-17(24-16)15(23)20-12-7-2-1-3-8-12/h1-10H,(H,20,23)/b14-10+. The largest absolute Gasteiger partial charge is 0.320 e. The third-order valence-electron chi connectivity index (χ3n) is 3.04. The van der Waals surface area contributed by atoms with Gasteiger partial charge in [-0.15, -0.1) is 10.2 Å². The normalized spacial score (nSPS) is 11.3. The molecule has 7 heteroatoms. The van der Waals surface area contributed by atoms with Gasteiger partial charge in [-0.25, -0.2) is 0 Å². The monoisotopic (exact) mass is 375 g/mol. The maximum absolute atomic E-state index is 12.2. The van der Waals surface area contributed by atoms with Crippen LogP contribution in [-0.4, -0.2) is 16.1 Å². The van der Waals surface area contributed by atoms with E-state index in [1.165, 1.54) is 0 Å². The minimum Gasteiger partial charge on any atom is -0.320 e. The Morgan fingerprint density at radius 1 is 1.00 bits per heavy atom. The van der Waals surface area contributed by atoms with E-state index in [2.05, 4.69) is 15.5 Å². The van der Waals surface area contributed by atoms with Gasteiger partial charge in [0.15, 0.2) is 5.01 Å². The maximum atomic E-state index is 12.2. The van der Waals surface area contributed by atoms with Gasteiger partial charge >= 0.3 is 0 Å². The molecule has 0 aliphatic heterocycles. The highest BCUT2D eigenvalue weighted by Gasteiger charge is 2.15. The summed E-state index contributed by atoms with van der Waals surface area (Å²) in [6.45, 7) is 0. The van der Waals surface area contributed by atoms with Crippen LogP contribution in [0.4, 0.5) is 5.69 Å². The van der Waals surface area contributed by atoms with Crippen molar-refractivity contribution >= 4 is 57.2 Å². The minimum absolute atomic E-state index is 0.236. The van der Waals surface area contributed by atoms with E-state index in [4.69, 9.17) is 23.2 Å². The van der Waals surface area contributed by atoms with Crippen LogP contribution in [0.3, 0.4) is 0 Å². The van der Waals surface area contributed by atoms with Gasteiger partial charge in [-0.2, -0.15) is 0 Å². The first kappa shape index (κ1) is 16.6. The number of nitrogens with one attached hydrogen (secondary N) is 1. The van der Waals surface area contributed by atoms with Gasteiger partial charge < -0.3 is 5.32 Å². The van der Waals surface area contributed by atoms with Crippen LogP contribution in [-0.2, 0) is 0 Å². The van der Waals surface area contributed by atoms with Crippen molar-refractivity contribution in [3.8, 4) is 0 Å². The molecule has 0 saturated carbocycles. The van der Waals surface area contributed by atoms with Crippen LogP contribution in [0.5, 0.6) is 0 Å². The van der Waals surface area contributed by atoms with Gasteiger partial charge in [0.2, 0.25) is 5.01 Å². The predicted octanol–water partition coefficient (Wildman–Crippen LogP) is 5.18. The van der Waals surface area contributed by atoms with E-state index < -0.39 is 0 Å². The minimum atomic E-state index is -0.327. The average molecular weight is 376 g/mol. The third-order valence-corrected chi connectivity index (χ3v) is 4.74. The Morgan fingerprint density at radius 2 is 1.67 bits per heavy atom. The molecule has 0 spiro atoms. The van der Waals surface area contributed by atoms with Crippen molar-refractivity contribution in [1.82, 2.24) is 10.2 Å². The lowest BCUT2D eigenvalue weighted by molar-refractivity contribution is 0.102. The molecule has 0 atom stereocenters. The summed E-state index contributed by atoms with van der Waals surface area (Å²) < 4.78 is 0. The highest BCUT2D eigenvalue weighted by Crippen LogP contribution is 2.28. The van der Waals surface area contributed by atoms with Crippen LogP contribution in [0, 0.1) is 0 Å². The van der Waals surface area contributed by atoms with Crippen molar-refractivity contribution in [2.75, 3.05) is 5.32 Å². The SMILES string of the molecule is O=C(Nc1ccccc1)c1nnc(/C(Cl)=C\c2ccccc2Cl)s1. The molecule has 1 heterocycles. The Labute approximate surface area is 152 Å². The van der Waals surface area contributed by atoms with Crippen molar-refractivity contribution in [2.45, 2.75) is 0 Å². The van der Waals surface area contributed by atoms with Crippen LogP contribution < -0.4 is 5.32 Å². The van der Waals surface area contributed by atoms with Gasteiger partial charge in [0.1, 0.15) is 0 Å². The number of rotatable bonds is 4. The molecule has 2 aromatic carbocycles. The molecule has 0 fully saturated rings. The molecular formula is C17H11Cl2N3OS. The second-order valence-corrected chi connectivity index (χ2v) is 6.54. The summed E-state index contributed by atoms with van der Waals surface area (Å²) in [7, 11) is 0. The van der Waals surface area contributed by atoms with E-state index in [1.807, 2.05) is 36.4 Å². The average Bonchev–Trinajstić information content (AvgIpc) is 3.08. The lowest BCUT2D eigenvalue weighted by atomic mass is 10.2. The van der Waals surface area contributed by atoms with Crippen molar-refractivity contribution in [1.29, 1.82) is 0 Å². The number of hydrogen-bond donors (Lipinski definition) is 1. The van der Waals surface area contributed by atoms with Crippen LogP contribution in [0.15, 0.2) is 54.6 Å². The Hall–Kier alpha value is -2.21. The third kappa shape index (κ3) is 4.00. The number of benzene rings is 2. The van der Waals surface area contributed by atoms with Crippen LogP contribution in [0.2, 0.25) is 5.02 Å². The number of carbonyl (C=O) groups is 1. The Bertz CT molecular complexity index is 894. The molecule has 0 aliphatic rings. The van der Waals surface area contributed by atoms with E-state index in [0.29, 0.717) is 20.7 Å². The number of halogens is 2. The summed E-state index contributed by atoms with van der Waals surface area (Å²) in [6.07, 6.45) is 1.70. The fourth-order valence-corrected chi connectivity index (χ4v) is 3.02. The number of carbonyl (C=O) groups excluding carboxylic acids is 1. The Balaban J connectivity index is 1.78. The molecule has 1 N–H and O–H groups in total. The van der Waals surface area contributed by atoms with Crippen molar-refractivity contribution < 1.29 is 4.79 Å². The lowest BCUT2D eigenvalue weighted by Gasteiger charge is -2.00. The molecule has 0 radical (unpaired) electrons. The number of anilines is 1. The summed E-state index contributed by atoms with van der Waals surface area (Å²) in [6, 6.07) is 16.5. The van der Waals surface area contributed by atoms with Gasteiger partial charge in [-0.05, 0) is 29.8 Å². The molecule has 3 aromatic rings. The van der Waals surface area contributed by atoms with Gasteiger partial charge in [0.25, 0.3) is 5.91 Å². The topological polar surface area (TPSA) is 54.9 Å². The number of nitrogens with zero attached hydrogens (tertiary/aromatic N) is 2. The predicted molar refractivity (Wildman–Crippen MR) is 99.5 cm³/mol. The maximum Gasteiger partial charge on any atom is 0.286 e. The molecule has 120 valence electrons. The number of hydrogen-bond acceptors (Lipinski definition) is 4. The molecule has 1 aromatic heterocycles. The van der Waals surface area contributed by atoms with E-state index in [9.17, 15) is 4.79 Å². The van der Waals surface area contributed by atoms with E-state index in [1.54, 1.807) is 24.3 Å². The summed E-state index contributed by atoms with van der Waals surface area (Å²) in [5.41, 5.74) is 1.46. The molecule has 1 amide bonds. The summed E-state index contributed by atoms with van der Waals surface area (Å²) in [5, 5.41) is 12.3. The first-order valence-corrected chi connectivity index (χ1v) is 8.53. The summed E-state index contributed by atoms with van der Waals surface area (Å²) in [4.78, 5) is 12.2. The zero-order valence-corrected chi connectivity index (χ0v) is 14.6. The smallest absolute Gasteiger partial charge is 0.286 e. The van der Waals surface area contributed by atoms with Gasteiger partial charge in [-0.1, -0.05) is 70.9 Å². The zero-order chi connectivity index (χ0) is 16.9. The lowest BCUT2D eigenvalue weighted by Crippen LogP contribution is -2.11. The van der Waals surface area contributed by atoms with Gasteiger partial charge in [0, 0.05) is 10.7 Å². The second kappa shape index (κ2) is 7.57. The highest BCUT2D eigenvalue weighted by atomic mass is 35.5. The Morgan fingerprint density at radius 3 is 2.42 bits per heavy atom. The van der Waals surface area contributed by atoms with E-state index in [0.717, 1.165) is 16.9 Å². The fraction of sp³-hybridized carbons (Fsp3) is 0. The molecule has 24 heavy (non-hydrogen) atoms. The molecule has 3 rings (SSSR count). The molecule has 0 aliphatic carbocycles. The van der Waals surface area contributed by atoms with Crippen molar-refractivity contribution in [2.24, 2.45) is 0 Å². The molecule has 0 bridgehead atoms. The molecule has 0 unspecified atom stereocenters. The first-order chi connectivity index (χ1) is 11.6. The zero-order valence-electron chi connectivity index (χ0n) is 12.2. The van der Waals surface area contributed by atoms with Crippen LogP contribution >= 0.6 is 34.5 Å². The summed E-state index contributed by atoms with van der Waals surface area (Å²) >= 11 is 13.5. The van der Waals surface area contributed by atoms with E-state index >= 15 is 0 Å². The Kier molecular flexibility index (Phi) is 5.25. The molecular weight excluding hydrogens is 365 g/mol. The van der Waals surface area contributed by atoms with Gasteiger partial charge in [-0.3, -0.25) is 4.79 Å². The molecule has 4 nitrogen and oxygen atoms in total. The number of amides is 1. The quantitative estimate of drug-likeness (QED) is 0.683. The van der Waals surface area contributed by atoms with Crippen molar-refractivity contribution in [3.63, 3.8) is 0 Å². The van der Waals surface area contributed by atoms with Crippen LogP contribution in [0.1, 0.15) is 20.4 Å². The fourth-order valence-electron chi connectivity index (χ4n) is 1.91. The molecule has 0 saturated heterocycles. The number of para-hydroxylation sites is 1. The summed E-state index contributed by atoms with van der Waals surface area (Å²) in [5.74, 6) is -0.327. The van der Waals surface area contributed by atoms with Crippen LogP contribution in [0.25, 0.3) is 11.1 Å². The van der Waals surface area contributed by atoms with Crippen molar-refractivity contribution in [3.05, 3.63) is 75.2 Å².